The Morgan fingerprint density at radius 1 is 0.689 bits per heavy atom. The maximum Gasteiger partial charge on any atom is 0.339 e. The molecule has 316 valence electrons. The van der Waals surface area contributed by atoms with Gasteiger partial charge in [0, 0.05) is 48.2 Å². The number of pyridine rings is 1. The minimum absolute atomic E-state index is 0.0205. The van der Waals surface area contributed by atoms with Gasteiger partial charge in [0.15, 0.2) is 11.6 Å². The van der Waals surface area contributed by atoms with E-state index in [1.165, 1.54) is 6.07 Å². The first kappa shape index (κ1) is 43.9. The molecular weight excluding hydrogens is 771 g/mol. The molecule has 6 aromatic rings. The number of phenolic OH excluding ortho intramolecular Hbond substituents is 1. The van der Waals surface area contributed by atoms with Crippen molar-refractivity contribution in [1.29, 1.82) is 0 Å². The number of nitrogens with zero attached hydrogens (tertiary/aromatic N) is 1. The third-order valence-corrected chi connectivity index (χ3v) is 10.5. The molecule has 1 atom stereocenters. The lowest BCUT2D eigenvalue weighted by molar-refractivity contribution is 0.0696. The second-order valence-corrected chi connectivity index (χ2v) is 16.9. The van der Waals surface area contributed by atoms with E-state index in [0.717, 1.165) is 27.8 Å². The molecule has 0 fully saturated rings. The molecule has 0 saturated heterocycles. The molecule has 2 aromatic heterocycles. The van der Waals surface area contributed by atoms with Gasteiger partial charge in [-0.15, -0.1) is 0 Å². The number of hydrogen-bond donors (Lipinski definition) is 2. The molecule has 1 unspecified atom stereocenters. The molecule has 0 aliphatic heterocycles. The number of carboxylic acid groups (broad SMARTS) is 1. The number of phenols is 1. The minimum Gasteiger partial charge on any atom is -0.507 e. The normalized spacial score (nSPS) is 11.9. The van der Waals surface area contributed by atoms with E-state index >= 15 is 0 Å². The molecular formula is C51H53NO9. The van der Waals surface area contributed by atoms with Crippen molar-refractivity contribution < 1.29 is 43.2 Å². The first-order valence-corrected chi connectivity index (χ1v) is 20.4. The number of ether oxygens (including phenoxy) is 3. The Kier molecular flexibility index (Phi) is 13.8. The SMILES string of the molecule is Cc1c(OCc2cccc(COc3ccccn3)c2)ccc(C(=O)CC(C)Cc2cc(C(=O)O)c(-c3cccc(COc4ccc(C(=O)CC(C)(C)C)c(O)c4C)c3)o2)c1C. The number of carboxylic acids is 1. The number of carbonyl (C=O) groups is 3. The molecule has 10 nitrogen and oxygen atoms in total. The Balaban J connectivity index is 1.06. The van der Waals surface area contributed by atoms with Crippen LogP contribution in [0.2, 0.25) is 0 Å². The van der Waals surface area contributed by atoms with Gasteiger partial charge in [-0.1, -0.05) is 70.2 Å². The van der Waals surface area contributed by atoms with E-state index in [2.05, 4.69) is 4.98 Å². The van der Waals surface area contributed by atoms with Gasteiger partial charge in [-0.2, -0.15) is 0 Å². The summed E-state index contributed by atoms with van der Waals surface area (Å²) >= 11 is 0. The number of rotatable bonds is 18. The summed E-state index contributed by atoms with van der Waals surface area (Å²) in [5, 5.41) is 20.9. The van der Waals surface area contributed by atoms with Gasteiger partial charge in [0.25, 0.3) is 0 Å². The van der Waals surface area contributed by atoms with Crippen molar-refractivity contribution in [3.63, 3.8) is 0 Å². The van der Waals surface area contributed by atoms with Crippen LogP contribution < -0.4 is 14.2 Å². The largest absolute Gasteiger partial charge is 0.507 e. The van der Waals surface area contributed by atoms with Crippen LogP contribution in [0.5, 0.6) is 23.1 Å². The van der Waals surface area contributed by atoms with Gasteiger partial charge in [-0.3, -0.25) is 9.59 Å². The molecule has 4 aromatic carbocycles. The van der Waals surface area contributed by atoms with E-state index in [-0.39, 0.29) is 58.6 Å². The number of ketones is 2. The van der Waals surface area contributed by atoms with Crippen molar-refractivity contribution in [1.82, 2.24) is 4.98 Å². The standard InChI is InChI=1S/C51H53NO9/c1-31(23-43(53)40-17-19-45(33(3)32(40)2)58-28-35-12-10-13-36(24-35)30-60-47-16-8-9-21-52-47)22-39-26-42(50(56)57)49(61-39)38-15-11-14-37(25-38)29-59-46-20-18-41(48(55)34(46)4)44(54)27-51(5,6)7/h8-21,24-26,31,55H,22-23,27-30H2,1-7H3,(H,56,57). The van der Waals surface area contributed by atoms with Gasteiger partial charge in [-0.05, 0) is 108 Å². The van der Waals surface area contributed by atoms with Crippen molar-refractivity contribution >= 4 is 17.5 Å². The Labute approximate surface area is 357 Å². The fraction of sp³-hybridized carbons (Fsp3) is 0.294. The molecule has 0 aliphatic rings. The van der Waals surface area contributed by atoms with Gasteiger partial charge in [0.05, 0.1) is 5.56 Å². The molecule has 2 heterocycles. The smallest absolute Gasteiger partial charge is 0.339 e. The Morgan fingerprint density at radius 2 is 1.31 bits per heavy atom. The fourth-order valence-corrected chi connectivity index (χ4v) is 7.18. The number of hydrogen-bond acceptors (Lipinski definition) is 9. The number of carbonyl (C=O) groups excluding carboxylic acids is 2. The second-order valence-electron chi connectivity index (χ2n) is 16.9. The van der Waals surface area contributed by atoms with Crippen LogP contribution in [0, 0.1) is 32.1 Å². The van der Waals surface area contributed by atoms with Crippen molar-refractivity contribution in [2.75, 3.05) is 0 Å². The Bertz CT molecular complexity index is 2530. The quantitative estimate of drug-likeness (QED) is 0.0803. The minimum atomic E-state index is -1.13. The molecule has 0 aliphatic carbocycles. The average Bonchev–Trinajstić information content (AvgIpc) is 3.65. The van der Waals surface area contributed by atoms with Crippen LogP contribution in [0.25, 0.3) is 11.3 Å². The van der Waals surface area contributed by atoms with Gasteiger partial charge in [0.2, 0.25) is 5.88 Å². The molecule has 61 heavy (non-hydrogen) atoms. The average molecular weight is 824 g/mol. The summed E-state index contributed by atoms with van der Waals surface area (Å²) < 4.78 is 24.2. The fourth-order valence-electron chi connectivity index (χ4n) is 7.18. The van der Waals surface area contributed by atoms with E-state index in [4.69, 9.17) is 18.6 Å². The number of aromatic carboxylic acids is 1. The van der Waals surface area contributed by atoms with Gasteiger partial charge >= 0.3 is 5.97 Å². The summed E-state index contributed by atoms with van der Waals surface area (Å²) in [5.41, 5.74) is 6.17. The van der Waals surface area contributed by atoms with Crippen LogP contribution >= 0.6 is 0 Å². The zero-order valence-electron chi connectivity index (χ0n) is 35.8. The highest BCUT2D eigenvalue weighted by atomic mass is 16.5. The maximum atomic E-state index is 13.6. The molecule has 0 spiro atoms. The van der Waals surface area contributed by atoms with E-state index in [1.807, 2.05) is 102 Å². The van der Waals surface area contributed by atoms with Crippen molar-refractivity contribution in [2.24, 2.45) is 11.3 Å². The third kappa shape index (κ3) is 11.3. The predicted molar refractivity (Wildman–Crippen MR) is 234 cm³/mol. The summed E-state index contributed by atoms with van der Waals surface area (Å²) in [6.45, 7) is 14.3. The van der Waals surface area contributed by atoms with Gasteiger partial charge in [0.1, 0.15) is 54.2 Å². The molecule has 6 rings (SSSR count). The monoisotopic (exact) mass is 823 g/mol. The summed E-state index contributed by atoms with van der Waals surface area (Å²) in [7, 11) is 0. The Morgan fingerprint density at radius 3 is 1.95 bits per heavy atom. The number of aromatic nitrogens is 1. The molecule has 0 amide bonds. The molecule has 0 radical (unpaired) electrons. The summed E-state index contributed by atoms with van der Waals surface area (Å²) in [5.74, 6) is 0.840. The van der Waals surface area contributed by atoms with E-state index in [1.54, 1.807) is 43.5 Å². The van der Waals surface area contributed by atoms with Crippen molar-refractivity contribution in [3.05, 3.63) is 159 Å². The highest BCUT2D eigenvalue weighted by Gasteiger charge is 2.24. The van der Waals surface area contributed by atoms with Gasteiger partial charge in [-0.25, -0.2) is 9.78 Å². The van der Waals surface area contributed by atoms with Crippen LogP contribution in [0.3, 0.4) is 0 Å². The van der Waals surface area contributed by atoms with E-state index in [0.29, 0.717) is 65.9 Å². The molecule has 10 heteroatoms. The number of aromatic hydroxyl groups is 1. The topological polar surface area (TPSA) is 145 Å². The molecule has 2 N–H and O–H groups in total. The lowest BCUT2D eigenvalue weighted by Gasteiger charge is -2.18. The van der Waals surface area contributed by atoms with E-state index < -0.39 is 5.97 Å². The second kappa shape index (κ2) is 19.1. The highest BCUT2D eigenvalue weighted by molar-refractivity contribution is 6.00. The van der Waals surface area contributed by atoms with Gasteiger partial charge < -0.3 is 28.8 Å². The summed E-state index contributed by atoms with van der Waals surface area (Å²) in [4.78, 5) is 43.0. The lowest BCUT2D eigenvalue weighted by Crippen LogP contribution is -2.13. The molecule has 0 saturated carbocycles. The van der Waals surface area contributed by atoms with Crippen LogP contribution in [0.15, 0.2) is 108 Å². The van der Waals surface area contributed by atoms with Crippen molar-refractivity contribution in [3.8, 4) is 34.5 Å². The summed E-state index contributed by atoms with van der Waals surface area (Å²) in [6, 6.07) is 29.2. The number of benzene rings is 4. The first-order chi connectivity index (χ1) is 29.1. The van der Waals surface area contributed by atoms with Crippen LogP contribution in [-0.2, 0) is 26.2 Å². The van der Waals surface area contributed by atoms with Crippen LogP contribution in [0.1, 0.15) is 111 Å². The zero-order chi connectivity index (χ0) is 43.8. The third-order valence-electron chi connectivity index (χ3n) is 10.5. The highest BCUT2D eigenvalue weighted by Crippen LogP contribution is 2.35. The van der Waals surface area contributed by atoms with Crippen LogP contribution in [0.4, 0.5) is 0 Å². The Hall–Kier alpha value is -6.68. The maximum absolute atomic E-state index is 13.6. The van der Waals surface area contributed by atoms with Crippen molar-refractivity contribution in [2.45, 2.75) is 87.5 Å². The summed E-state index contributed by atoms with van der Waals surface area (Å²) in [6.07, 6.45) is 2.58. The number of Topliss-reactive ketones (excluding diaryl/α,β-unsaturated/α-hetero) is 2. The van der Waals surface area contributed by atoms with E-state index in [9.17, 15) is 24.6 Å². The lowest BCUT2D eigenvalue weighted by atomic mass is 9.87. The first-order valence-electron chi connectivity index (χ1n) is 20.4. The predicted octanol–water partition coefficient (Wildman–Crippen LogP) is 11.5. The number of furan rings is 1. The molecule has 0 bridgehead atoms. The van der Waals surface area contributed by atoms with Crippen LogP contribution in [-0.4, -0.2) is 32.7 Å². The zero-order valence-corrected chi connectivity index (χ0v) is 35.8.